The Hall–Kier alpha value is -3.55. The molecule has 2 amide bonds. The number of rotatable bonds is 8. The van der Waals surface area contributed by atoms with Crippen LogP contribution in [0.25, 0.3) is 11.0 Å². The largest absolute Gasteiger partial charge is 0.490 e. The van der Waals surface area contributed by atoms with Crippen LogP contribution >= 0.6 is 0 Å². The van der Waals surface area contributed by atoms with E-state index >= 15 is 0 Å². The average Bonchev–Trinajstić information content (AvgIpc) is 3.17. The zero-order valence-electron chi connectivity index (χ0n) is 16.7. The molecule has 152 valence electrons. The first-order valence-corrected chi connectivity index (χ1v) is 9.40. The number of ether oxygens (including phenoxy) is 2. The summed E-state index contributed by atoms with van der Waals surface area (Å²) >= 11 is 0. The maximum Gasteiger partial charge on any atom is 0.254 e. The van der Waals surface area contributed by atoms with Gasteiger partial charge >= 0.3 is 0 Å². The molecule has 0 saturated carbocycles. The third-order valence-corrected chi connectivity index (χ3v) is 4.22. The molecule has 0 bridgehead atoms. The fraction of sp³-hybridized carbons (Fsp3) is 0.286. The van der Waals surface area contributed by atoms with Crippen LogP contribution in [-0.4, -0.2) is 53.5 Å². The summed E-state index contributed by atoms with van der Waals surface area (Å²) in [5, 5.41) is 2.79. The van der Waals surface area contributed by atoms with Crippen molar-refractivity contribution in [2.24, 2.45) is 0 Å². The lowest BCUT2D eigenvalue weighted by molar-refractivity contribution is -0.116. The molecule has 2 aromatic carbocycles. The summed E-state index contributed by atoms with van der Waals surface area (Å²) in [6, 6.07) is 10.4. The molecule has 0 aliphatic heterocycles. The summed E-state index contributed by atoms with van der Waals surface area (Å²) in [4.78, 5) is 33.5. The van der Waals surface area contributed by atoms with Crippen molar-refractivity contribution in [2.45, 2.75) is 13.8 Å². The van der Waals surface area contributed by atoms with Crippen LogP contribution in [0.2, 0.25) is 0 Å². The summed E-state index contributed by atoms with van der Waals surface area (Å²) in [5.41, 5.74) is 2.60. The van der Waals surface area contributed by atoms with Crippen LogP contribution in [0.3, 0.4) is 0 Å². The SMILES string of the molecule is CCOc1ccc(NC(=O)CN(C)C(=O)c2ccc3nc[nH]c3c2)cc1OCC. The highest BCUT2D eigenvalue weighted by molar-refractivity contribution is 6.00. The molecule has 0 aliphatic rings. The van der Waals surface area contributed by atoms with Crippen molar-refractivity contribution in [3.8, 4) is 11.5 Å². The minimum Gasteiger partial charge on any atom is -0.490 e. The first kappa shape index (κ1) is 20.2. The molecule has 3 rings (SSSR count). The van der Waals surface area contributed by atoms with Gasteiger partial charge < -0.3 is 24.7 Å². The molecule has 8 heteroatoms. The number of anilines is 1. The first-order valence-electron chi connectivity index (χ1n) is 9.40. The predicted molar refractivity (Wildman–Crippen MR) is 110 cm³/mol. The Morgan fingerprint density at radius 2 is 1.83 bits per heavy atom. The van der Waals surface area contributed by atoms with Crippen LogP contribution in [0.15, 0.2) is 42.7 Å². The zero-order valence-corrected chi connectivity index (χ0v) is 16.7. The molecule has 1 heterocycles. The number of fused-ring (bicyclic) bond motifs is 1. The van der Waals surface area contributed by atoms with Crippen molar-refractivity contribution in [2.75, 3.05) is 32.1 Å². The van der Waals surface area contributed by atoms with E-state index < -0.39 is 0 Å². The number of aromatic amines is 1. The van der Waals surface area contributed by atoms with Gasteiger partial charge in [0.05, 0.1) is 37.1 Å². The summed E-state index contributed by atoms with van der Waals surface area (Å²) in [6.45, 7) is 4.68. The van der Waals surface area contributed by atoms with Crippen molar-refractivity contribution < 1.29 is 19.1 Å². The zero-order chi connectivity index (χ0) is 20.8. The van der Waals surface area contributed by atoms with Crippen molar-refractivity contribution in [1.82, 2.24) is 14.9 Å². The van der Waals surface area contributed by atoms with Gasteiger partial charge in [0.1, 0.15) is 0 Å². The van der Waals surface area contributed by atoms with Crippen LogP contribution < -0.4 is 14.8 Å². The number of amides is 2. The molecule has 0 unspecified atom stereocenters. The molecular formula is C21H24N4O4. The Bertz CT molecular complexity index is 1010. The summed E-state index contributed by atoms with van der Waals surface area (Å²) in [6.07, 6.45) is 1.57. The number of aromatic nitrogens is 2. The number of hydrogen-bond donors (Lipinski definition) is 2. The minimum atomic E-state index is -0.310. The maximum absolute atomic E-state index is 12.6. The molecule has 0 saturated heterocycles. The molecule has 0 radical (unpaired) electrons. The highest BCUT2D eigenvalue weighted by atomic mass is 16.5. The number of nitrogens with zero attached hydrogens (tertiary/aromatic N) is 2. The van der Waals surface area contributed by atoms with E-state index in [-0.39, 0.29) is 18.4 Å². The van der Waals surface area contributed by atoms with Crippen molar-refractivity contribution in [3.63, 3.8) is 0 Å². The van der Waals surface area contributed by atoms with Gasteiger partial charge in [-0.05, 0) is 44.2 Å². The van der Waals surface area contributed by atoms with Crippen LogP contribution in [-0.2, 0) is 4.79 Å². The average molecular weight is 396 g/mol. The molecule has 0 aliphatic carbocycles. The predicted octanol–water partition coefficient (Wildman–Crippen LogP) is 3.07. The Labute approximate surface area is 168 Å². The summed E-state index contributed by atoms with van der Waals surface area (Å²) in [5.74, 6) is 0.617. The number of imidazole rings is 1. The number of benzene rings is 2. The Kier molecular flexibility index (Phi) is 6.33. The van der Waals surface area contributed by atoms with Gasteiger partial charge in [0, 0.05) is 24.4 Å². The van der Waals surface area contributed by atoms with Gasteiger partial charge in [0.2, 0.25) is 5.91 Å². The molecule has 0 fully saturated rings. The van der Waals surface area contributed by atoms with Crippen molar-refractivity contribution >= 4 is 28.5 Å². The van der Waals surface area contributed by atoms with Crippen molar-refractivity contribution in [3.05, 3.63) is 48.3 Å². The molecule has 1 aromatic heterocycles. The lowest BCUT2D eigenvalue weighted by atomic mass is 10.2. The topological polar surface area (TPSA) is 96.5 Å². The van der Waals surface area contributed by atoms with Gasteiger partial charge in [-0.3, -0.25) is 9.59 Å². The van der Waals surface area contributed by atoms with Crippen LogP contribution in [0.5, 0.6) is 11.5 Å². The van der Waals surface area contributed by atoms with E-state index in [2.05, 4.69) is 15.3 Å². The smallest absolute Gasteiger partial charge is 0.254 e. The fourth-order valence-corrected chi connectivity index (χ4v) is 2.91. The Balaban J connectivity index is 1.64. The van der Waals surface area contributed by atoms with Gasteiger partial charge in [-0.25, -0.2) is 4.98 Å². The van der Waals surface area contributed by atoms with E-state index in [9.17, 15) is 9.59 Å². The van der Waals surface area contributed by atoms with Crippen LogP contribution in [0, 0.1) is 0 Å². The second kappa shape index (κ2) is 9.09. The van der Waals surface area contributed by atoms with Crippen LogP contribution in [0.1, 0.15) is 24.2 Å². The van der Waals surface area contributed by atoms with Gasteiger partial charge in [0.25, 0.3) is 5.91 Å². The molecule has 8 nitrogen and oxygen atoms in total. The highest BCUT2D eigenvalue weighted by Gasteiger charge is 2.16. The molecule has 2 N–H and O–H groups in total. The maximum atomic E-state index is 12.6. The lowest BCUT2D eigenvalue weighted by Crippen LogP contribution is -2.34. The van der Waals surface area contributed by atoms with E-state index in [1.54, 1.807) is 49.8 Å². The monoisotopic (exact) mass is 396 g/mol. The number of nitrogens with one attached hydrogen (secondary N) is 2. The van der Waals surface area contributed by atoms with E-state index in [1.807, 2.05) is 13.8 Å². The van der Waals surface area contributed by atoms with Crippen LogP contribution in [0.4, 0.5) is 5.69 Å². The number of likely N-dealkylation sites (N-methyl/N-ethyl adjacent to an activating group) is 1. The fourth-order valence-electron chi connectivity index (χ4n) is 2.91. The van der Waals surface area contributed by atoms with E-state index in [1.165, 1.54) is 4.90 Å². The summed E-state index contributed by atoms with van der Waals surface area (Å²) < 4.78 is 11.1. The molecule has 3 aromatic rings. The summed E-state index contributed by atoms with van der Waals surface area (Å²) in [7, 11) is 1.59. The normalized spacial score (nSPS) is 10.6. The van der Waals surface area contributed by atoms with E-state index in [4.69, 9.17) is 9.47 Å². The number of H-pyrrole nitrogens is 1. The third kappa shape index (κ3) is 4.84. The standard InChI is InChI=1S/C21H24N4O4/c1-4-28-18-9-7-15(11-19(18)29-5-2)24-20(26)12-25(3)21(27)14-6-8-16-17(10-14)23-13-22-16/h6-11,13H,4-5,12H2,1-3H3,(H,22,23)(H,24,26). The van der Waals surface area contributed by atoms with Gasteiger partial charge in [-0.1, -0.05) is 0 Å². The van der Waals surface area contributed by atoms with E-state index in [0.717, 1.165) is 11.0 Å². The number of hydrogen-bond acceptors (Lipinski definition) is 5. The first-order chi connectivity index (χ1) is 14.0. The number of carbonyl (C=O) groups excluding carboxylic acids is 2. The third-order valence-electron chi connectivity index (χ3n) is 4.22. The Morgan fingerprint density at radius 3 is 2.59 bits per heavy atom. The quantitative estimate of drug-likeness (QED) is 0.610. The highest BCUT2D eigenvalue weighted by Crippen LogP contribution is 2.30. The second-order valence-corrected chi connectivity index (χ2v) is 6.37. The molecular weight excluding hydrogens is 372 g/mol. The molecule has 0 atom stereocenters. The lowest BCUT2D eigenvalue weighted by Gasteiger charge is -2.17. The second-order valence-electron chi connectivity index (χ2n) is 6.37. The number of carbonyl (C=O) groups is 2. The van der Waals surface area contributed by atoms with Crippen molar-refractivity contribution in [1.29, 1.82) is 0 Å². The molecule has 29 heavy (non-hydrogen) atoms. The van der Waals surface area contributed by atoms with E-state index in [0.29, 0.717) is 36.0 Å². The Morgan fingerprint density at radius 1 is 1.07 bits per heavy atom. The van der Waals surface area contributed by atoms with Gasteiger partial charge in [-0.15, -0.1) is 0 Å². The van der Waals surface area contributed by atoms with Gasteiger partial charge in [-0.2, -0.15) is 0 Å². The minimum absolute atomic E-state index is 0.0863. The molecule has 0 spiro atoms. The van der Waals surface area contributed by atoms with Gasteiger partial charge in [0.15, 0.2) is 11.5 Å².